The van der Waals surface area contributed by atoms with E-state index in [1.807, 2.05) is 12.1 Å². The molecule has 0 aliphatic rings. The van der Waals surface area contributed by atoms with E-state index in [1.54, 1.807) is 0 Å². The maximum absolute atomic E-state index is 6.45. The van der Waals surface area contributed by atoms with Crippen molar-refractivity contribution in [1.82, 2.24) is 22.8 Å². The Balaban J connectivity index is 0.776. The first-order valence-electron chi connectivity index (χ1n) is 33.4. The van der Waals surface area contributed by atoms with Gasteiger partial charge in [0.15, 0.2) is 0 Å². The number of aromatic nitrogens is 5. The molecule has 460 valence electrons. The van der Waals surface area contributed by atoms with Gasteiger partial charge in [0, 0.05) is 122 Å². The normalized spacial score (nSPS) is 11.9. The van der Waals surface area contributed by atoms with Crippen molar-refractivity contribution in [2.24, 2.45) is 0 Å². The second-order valence-electron chi connectivity index (χ2n) is 25.5. The maximum atomic E-state index is 6.45. The number of anilines is 7. The third-order valence-electron chi connectivity index (χ3n) is 20.2. The minimum absolute atomic E-state index is 0.715. The number of nitrogens with zero attached hydrogens (tertiary/aromatic N) is 7. The molecule has 0 bridgehead atoms. The van der Waals surface area contributed by atoms with E-state index < -0.39 is 0 Å². The Morgan fingerprint density at radius 2 is 0.337 bits per heavy atom. The predicted molar refractivity (Wildman–Crippen MR) is 412 cm³/mol. The zero-order chi connectivity index (χ0) is 64.5. The van der Waals surface area contributed by atoms with Crippen molar-refractivity contribution >= 4 is 149 Å². The first kappa shape index (κ1) is 55.2. The standard InChI is InChI=1S/C90H60N8/c91-59-33-35-64(36-34-59)98-89-55-53-69(92(60-37-45-65(46-38-60)94-81-25-9-1-17-71(81)72-18-2-10-26-82(72)94)61-39-47-66(48-40-61)95-83-27-11-3-19-73(83)74-20-4-12-28-84(74)95)57-79(89)80-58-70(54-56-90(80)98)93(62-41-49-67(50-42-62)96-85-29-13-5-21-75(85)76-22-6-14-30-86(76)96)63-43-51-68(52-44-63)97-87-31-15-7-23-77(87)78-24-8-16-32-88(78)97/h1-58H,91H2. The molecule has 0 spiro atoms. The molecule has 20 rings (SSSR count). The number of fused-ring (bicyclic) bond motifs is 15. The monoisotopic (exact) mass is 1250 g/mol. The Kier molecular flexibility index (Phi) is 12.3. The Morgan fingerprint density at radius 3 is 0.551 bits per heavy atom. The molecule has 0 amide bonds. The van der Waals surface area contributed by atoms with E-state index in [0.29, 0.717) is 5.69 Å². The van der Waals surface area contributed by atoms with Crippen molar-refractivity contribution in [2.45, 2.75) is 0 Å². The van der Waals surface area contributed by atoms with E-state index >= 15 is 0 Å². The molecule has 5 heterocycles. The van der Waals surface area contributed by atoms with Crippen LogP contribution < -0.4 is 15.5 Å². The largest absolute Gasteiger partial charge is 0.399 e. The van der Waals surface area contributed by atoms with Crippen LogP contribution in [0.1, 0.15) is 0 Å². The molecule has 2 N–H and O–H groups in total. The van der Waals surface area contributed by atoms with Crippen LogP contribution in [0.15, 0.2) is 352 Å². The Labute approximate surface area is 564 Å². The maximum Gasteiger partial charge on any atom is 0.0542 e. The first-order chi connectivity index (χ1) is 48.5. The lowest BCUT2D eigenvalue weighted by Gasteiger charge is -2.27. The minimum Gasteiger partial charge on any atom is -0.399 e. The molecule has 15 aromatic carbocycles. The number of nitrogens with two attached hydrogens (primary N) is 1. The molecule has 98 heavy (non-hydrogen) atoms. The van der Waals surface area contributed by atoms with Crippen LogP contribution in [0.25, 0.3) is 137 Å². The zero-order valence-corrected chi connectivity index (χ0v) is 53.2. The molecular formula is C90H60N8. The van der Waals surface area contributed by atoms with Gasteiger partial charge in [0.2, 0.25) is 0 Å². The Morgan fingerprint density at radius 1 is 0.163 bits per heavy atom. The van der Waals surface area contributed by atoms with Gasteiger partial charge in [0.25, 0.3) is 0 Å². The summed E-state index contributed by atoms with van der Waals surface area (Å²) in [7, 11) is 0. The van der Waals surface area contributed by atoms with E-state index in [-0.39, 0.29) is 0 Å². The van der Waals surface area contributed by atoms with Gasteiger partial charge in [-0.05, 0) is 206 Å². The number of benzene rings is 15. The van der Waals surface area contributed by atoms with Crippen molar-refractivity contribution in [2.75, 3.05) is 15.5 Å². The number of hydrogen-bond acceptors (Lipinski definition) is 3. The van der Waals surface area contributed by atoms with Gasteiger partial charge < -0.3 is 38.4 Å². The van der Waals surface area contributed by atoms with Crippen LogP contribution >= 0.6 is 0 Å². The van der Waals surface area contributed by atoms with Crippen molar-refractivity contribution in [3.8, 4) is 28.4 Å². The second kappa shape index (κ2) is 21.9. The lowest BCUT2D eigenvalue weighted by atomic mass is 10.1. The van der Waals surface area contributed by atoms with E-state index in [0.717, 1.165) is 84.4 Å². The van der Waals surface area contributed by atoms with Gasteiger partial charge in [-0.1, -0.05) is 146 Å². The van der Waals surface area contributed by atoms with Gasteiger partial charge in [0.1, 0.15) is 0 Å². The summed E-state index contributed by atoms with van der Waals surface area (Å²) in [4.78, 5) is 4.81. The number of hydrogen-bond donors (Lipinski definition) is 1. The molecule has 0 fully saturated rings. The topological polar surface area (TPSA) is 57.1 Å². The van der Waals surface area contributed by atoms with E-state index in [2.05, 4.69) is 372 Å². The van der Waals surface area contributed by atoms with E-state index in [9.17, 15) is 0 Å². The van der Waals surface area contributed by atoms with Crippen LogP contribution in [0.5, 0.6) is 0 Å². The van der Waals surface area contributed by atoms with Crippen LogP contribution in [-0.2, 0) is 0 Å². The highest BCUT2D eigenvalue weighted by Crippen LogP contribution is 2.46. The summed E-state index contributed by atoms with van der Waals surface area (Å²) < 4.78 is 11.9. The fourth-order valence-electron chi connectivity index (χ4n) is 15.9. The highest BCUT2D eigenvalue weighted by molar-refractivity contribution is 6.15. The molecule has 0 aliphatic carbocycles. The average molecular weight is 1250 g/mol. The minimum atomic E-state index is 0.715. The summed E-state index contributed by atoms with van der Waals surface area (Å²) in [5, 5.41) is 12.1. The molecular weight excluding hydrogens is 1190 g/mol. The van der Waals surface area contributed by atoms with Crippen molar-refractivity contribution in [1.29, 1.82) is 0 Å². The SMILES string of the molecule is Nc1ccc(-n2c3ccc(N(c4ccc(-n5c6ccccc6c6ccccc65)cc4)c4ccc(-n5c6ccccc6c6ccccc65)cc4)cc3c3cc(N(c4ccc(-n5c6ccccc6c6ccccc65)cc4)c4ccc(-n5c6ccccc6c6ccccc65)cc4)ccc32)cc1. The Bertz CT molecular complexity index is 5640. The lowest BCUT2D eigenvalue weighted by Crippen LogP contribution is -2.10. The molecule has 8 nitrogen and oxygen atoms in total. The van der Waals surface area contributed by atoms with Gasteiger partial charge in [-0.3, -0.25) is 0 Å². The van der Waals surface area contributed by atoms with Gasteiger partial charge in [-0.15, -0.1) is 0 Å². The summed E-state index contributed by atoms with van der Waals surface area (Å²) in [6, 6.07) is 128. The highest BCUT2D eigenvalue weighted by Gasteiger charge is 2.24. The third kappa shape index (κ3) is 8.51. The average Bonchev–Trinajstić information content (AvgIpc) is 1.69. The summed E-state index contributed by atoms with van der Waals surface area (Å²) in [5.74, 6) is 0. The number of para-hydroxylation sites is 8. The quantitative estimate of drug-likeness (QED) is 0.131. The summed E-state index contributed by atoms with van der Waals surface area (Å²) >= 11 is 0. The van der Waals surface area contributed by atoms with Gasteiger partial charge in [-0.2, -0.15) is 0 Å². The molecule has 5 aromatic heterocycles. The first-order valence-corrected chi connectivity index (χ1v) is 33.4. The zero-order valence-electron chi connectivity index (χ0n) is 53.2. The fourth-order valence-corrected chi connectivity index (χ4v) is 15.9. The van der Waals surface area contributed by atoms with Crippen molar-refractivity contribution in [3.05, 3.63) is 352 Å². The molecule has 0 saturated carbocycles. The van der Waals surface area contributed by atoms with Crippen LogP contribution in [0.2, 0.25) is 0 Å². The summed E-state index contributed by atoms with van der Waals surface area (Å²) in [5.41, 5.74) is 30.3. The van der Waals surface area contributed by atoms with Gasteiger partial charge >= 0.3 is 0 Å². The lowest BCUT2D eigenvalue weighted by molar-refractivity contribution is 1.16. The molecule has 8 heteroatoms. The molecule has 0 unspecified atom stereocenters. The van der Waals surface area contributed by atoms with Crippen LogP contribution in [0.4, 0.5) is 39.8 Å². The molecule has 0 radical (unpaired) electrons. The van der Waals surface area contributed by atoms with Crippen LogP contribution in [0, 0.1) is 0 Å². The third-order valence-corrected chi connectivity index (χ3v) is 20.2. The fraction of sp³-hybridized carbons (Fsp3) is 0. The van der Waals surface area contributed by atoms with Crippen LogP contribution in [0.3, 0.4) is 0 Å². The Hall–Kier alpha value is -13.3. The van der Waals surface area contributed by atoms with Gasteiger partial charge in [-0.25, -0.2) is 0 Å². The van der Waals surface area contributed by atoms with Gasteiger partial charge in [0.05, 0.1) is 55.2 Å². The molecule has 20 aromatic rings. The van der Waals surface area contributed by atoms with E-state index in [4.69, 9.17) is 5.73 Å². The summed E-state index contributed by atoms with van der Waals surface area (Å²) in [6.45, 7) is 0. The van der Waals surface area contributed by atoms with Crippen molar-refractivity contribution < 1.29 is 0 Å². The smallest absolute Gasteiger partial charge is 0.0542 e. The second-order valence-corrected chi connectivity index (χ2v) is 25.5. The highest BCUT2D eigenvalue weighted by atomic mass is 15.2. The molecule has 0 saturated heterocycles. The molecule has 0 atom stereocenters. The predicted octanol–water partition coefficient (Wildman–Crippen LogP) is 23.7. The molecule has 0 aliphatic heterocycles. The number of rotatable bonds is 11. The van der Waals surface area contributed by atoms with Crippen LogP contribution in [-0.4, -0.2) is 22.8 Å². The number of nitrogen functional groups attached to an aromatic ring is 1. The summed E-state index contributed by atoms with van der Waals surface area (Å²) in [6.07, 6.45) is 0. The van der Waals surface area contributed by atoms with Crippen molar-refractivity contribution in [3.63, 3.8) is 0 Å². The van der Waals surface area contributed by atoms with E-state index in [1.165, 1.54) is 87.2 Å².